The van der Waals surface area contributed by atoms with Gasteiger partial charge in [-0.1, -0.05) is 140 Å². The van der Waals surface area contributed by atoms with Gasteiger partial charge in [0.05, 0.1) is 33.5 Å². The van der Waals surface area contributed by atoms with Crippen molar-refractivity contribution in [1.29, 1.82) is 0 Å². The van der Waals surface area contributed by atoms with E-state index in [4.69, 9.17) is 4.98 Å². The van der Waals surface area contributed by atoms with Crippen LogP contribution >= 0.6 is 0 Å². The Balaban J connectivity index is 1.05. The Kier molecular flexibility index (Phi) is 7.85. The van der Waals surface area contributed by atoms with Crippen molar-refractivity contribution in [3.63, 3.8) is 0 Å². The predicted octanol–water partition coefficient (Wildman–Crippen LogP) is 14.3. The van der Waals surface area contributed by atoms with Crippen LogP contribution in [0.15, 0.2) is 200 Å². The summed E-state index contributed by atoms with van der Waals surface area (Å²) in [6.07, 6.45) is 7.68. The van der Waals surface area contributed by atoms with Crippen LogP contribution in [0.5, 0.6) is 0 Å². The Bertz CT molecular complexity index is 3210. The number of rotatable bonds is 6. The third kappa shape index (κ3) is 5.62. The fourth-order valence-corrected chi connectivity index (χ4v) is 8.95. The third-order valence-electron chi connectivity index (χ3n) is 11.8. The van der Waals surface area contributed by atoms with Crippen molar-refractivity contribution in [3.8, 4) is 44.9 Å². The molecule has 3 nitrogen and oxygen atoms in total. The molecule has 270 valence electrons. The molecule has 1 aliphatic carbocycles. The lowest BCUT2D eigenvalue weighted by molar-refractivity contribution is 0.754. The lowest BCUT2D eigenvalue weighted by atomic mass is 9.89. The van der Waals surface area contributed by atoms with E-state index in [1.165, 1.54) is 71.4 Å². The minimum atomic E-state index is 0.408. The molecule has 7 aromatic carbocycles. The van der Waals surface area contributed by atoms with E-state index < -0.39 is 0 Å². The normalized spacial score (nSPS) is 14.2. The fraction of sp³-hybridized carbons (Fsp3) is 0.0556. The third-order valence-corrected chi connectivity index (χ3v) is 11.8. The van der Waals surface area contributed by atoms with Gasteiger partial charge in [0.1, 0.15) is 0 Å². The molecule has 0 amide bonds. The number of allylic oxidation sites excluding steroid dienone is 4. The topological polar surface area (TPSA) is 22.8 Å². The molecule has 1 aliphatic rings. The largest absolute Gasteiger partial charge is 0.309 e. The number of hydrogen-bond donors (Lipinski definition) is 0. The summed E-state index contributed by atoms with van der Waals surface area (Å²) in [5, 5.41) is 4.99. The molecule has 1 atom stereocenters. The highest BCUT2D eigenvalue weighted by Crippen LogP contribution is 2.39. The molecule has 0 aliphatic heterocycles. The molecule has 0 fully saturated rings. The van der Waals surface area contributed by atoms with Gasteiger partial charge in [-0.25, -0.2) is 4.98 Å². The lowest BCUT2D eigenvalue weighted by Gasteiger charge is -2.19. The summed E-state index contributed by atoms with van der Waals surface area (Å²) < 4.78 is 4.80. The molecule has 0 spiro atoms. The van der Waals surface area contributed by atoms with Crippen molar-refractivity contribution in [2.75, 3.05) is 0 Å². The summed E-state index contributed by atoms with van der Waals surface area (Å²) >= 11 is 0. The first kappa shape index (κ1) is 33.1. The molecule has 11 rings (SSSR count). The maximum atomic E-state index is 5.34. The number of pyridine rings is 1. The standard InChI is InChI=1S/C54H39N3/c1-36-15-8-9-22-44(36)50-34-41(37-16-4-2-5-17-37)33-49(55-50)40-18-14-21-43(31-40)57-52-26-13-11-24-46(52)48-32-38(28-30-53(48)57)39-27-29-47-45-23-10-12-25-51(45)56(54(47)35-39)42-19-6-3-7-20-42/h2-14,16-36H,15H2,1H3. The lowest BCUT2D eigenvalue weighted by Crippen LogP contribution is -2.04. The fourth-order valence-electron chi connectivity index (χ4n) is 8.95. The van der Waals surface area contributed by atoms with Gasteiger partial charge in [0.2, 0.25) is 0 Å². The summed E-state index contributed by atoms with van der Waals surface area (Å²) in [5.41, 5.74) is 16.2. The molecule has 57 heavy (non-hydrogen) atoms. The highest BCUT2D eigenvalue weighted by Gasteiger charge is 2.19. The van der Waals surface area contributed by atoms with Crippen LogP contribution in [-0.2, 0) is 0 Å². The van der Waals surface area contributed by atoms with Crippen LogP contribution in [0.3, 0.4) is 0 Å². The zero-order chi connectivity index (χ0) is 37.9. The van der Waals surface area contributed by atoms with Crippen molar-refractivity contribution in [1.82, 2.24) is 14.1 Å². The van der Waals surface area contributed by atoms with Crippen molar-refractivity contribution in [3.05, 3.63) is 206 Å². The zero-order valence-electron chi connectivity index (χ0n) is 31.7. The van der Waals surface area contributed by atoms with Gasteiger partial charge in [0.25, 0.3) is 0 Å². The van der Waals surface area contributed by atoms with Gasteiger partial charge in [-0.15, -0.1) is 0 Å². The highest BCUT2D eigenvalue weighted by atomic mass is 15.0. The second-order valence-electron chi connectivity index (χ2n) is 15.2. The zero-order valence-corrected chi connectivity index (χ0v) is 31.7. The SMILES string of the molecule is CC1CC=CC=C1c1cc(-c2ccccc2)cc(-c2cccc(-n3c4ccccc4c4cc(-c5ccc6c7ccccc7n(-c7ccccc7)c6c5)ccc43)c2)n1. The number of benzene rings is 7. The Labute approximate surface area is 332 Å². The number of aromatic nitrogens is 3. The van der Waals surface area contributed by atoms with Crippen LogP contribution < -0.4 is 0 Å². The Hall–Kier alpha value is -7.23. The minimum Gasteiger partial charge on any atom is -0.309 e. The van der Waals surface area contributed by atoms with Crippen LogP contribution in [0, 0.1) is 5.92 Å². The summed E-state index contributed by atoms with van der Waals surface area (Å²) in [5.74, 6) is 0.408. The summed E-state index contributed by atoms with van der Waals surface area (Å²) in [4.78, 5) is 5.34. The molecule has 3 aromatic heterocycles. The number of fused-ring (bicyclic) bond motifs is 6. The molecule has 10 aromatic rings. The molecule has 0 N–H and O–H groups in total. The summed E-state index contributed by atoms with van der Waals surface area (Å²) in [7, 11) is 0. The molecule has 3 heteroatoms. The van der Waals surface area contributed by atoms with Crippen LogP contribution in [0.4, 0.5) is 0 Å². The Morgan fingerprint density at radius 3 is 1.81 bits per heavy atom. The molecule has 0 radical (unpaired) electrons. The minimum absolute atomic E-state index is 0.408. The molecule has 0 bridgehead atoms. The maximum absolute atomic E-state index is 5.34. The van der Waals surface area contributed by atoms with E-state index >= 15 is 0 Å². The number of nitrogens with zero attached hydrogens (tertiary/aromatic N) is 3. The van der Waals surface area contributed by atoms with Gasteiger partial charge in [-0.2, -0.15) is 0 Å². The van der Waals surface area contributed by atoms with E-state index in [0.717, 1.165) is 34.7 Å². The number of para-hydroxylation sites is 3. The molecule has 1 unspecified atom stereocenters. The van der Waals surface area contributed by atoms with Gasteiger partial charge in [-0.3, -0.25) is 0 Å². The van der Waals surface area contributed by atoms with Crippen LogP contribution in [0.2, 0.25) is 0 Å². The van der Waals surface area contributed by atoms with Crippen LogP contribution in [-0.4, -0.2) is 14.1 Å². The van der Waals surface area contributed by atoms with Gasteiger partial charge < -0.3 is 9.13 Å². The Morgan fingerprint density at radius 2 is 1.02 bits per heavy atom. The van der Waals surface area contributed by atoms with E-state index in [-0.39, 0.29) is 0 Å². The van der Waals surface area contributed by atoms with E-state index in [1.807, 2.05) is 0 Å². The van der Waals surface area contributed by atoms with Crippen molar-refractivity contribution >= 4 is 49.2 Å². The summed E-state index contributed by atoms with van der Waals surface area (Å²) in [6.45, 7) is 2.29. The quantitative estimate of drug-likeness (QED) is 0.167. The maximum Gasteiger partial charge on any atom is 0.0716 e. The van der Waals surface area contributed by atoms with Gasteiger partial charge in [-0.05, 0) is 107 Å². The van der Waals surface area contributed by atoms with E-state index in [0.29, 0.717) is 5.92 Å². The summed E-state index contributed by atoms with van der Waals surface area (Å²) in [6, 6.07) is 66.1. The average molecular weight is 730 g/mol. The number of hydrogen-bond acceptors (Lipinski definition) is 1. The van der Waals surface area contributed by atoms with E-state index in [1.54, 1.807) is 0 Å². The van der Waals surface area contributed by atoms with Crippen LogP contribution in [0.25, 0.3) is 94.1 Å². The first-order valence-electron chi connectivity index (χ1n) is 19.9. The smallest absolute Gasteiger partial charge is 0.0716 e. The second kappa shape index (κ2) is 13.5. The molecular weight excluding hydrogens is 691 g/mol. The molecule has 0 saturated heterocycles. The van der Waals surface area contributed by atoms with E-state index in [2.05, 4.69) is 216 Å². The van der Waals surface area contributed by atoms with Gasteiger partial charge >= 0.3 is 0 Å². The predicted molar refractivity (Wildman–Crippen MR) is 240 cm³/mol. The van der Waals surface area contributed by atoms with Gasteiger partial charge in [0.15, 0.2) is 0 Å². The van der Waals surface area contributed by atoms with Crippen molar-refractivity contribution in [2.45, 2.75) is 13.3 Å². The first-order valence-corrected chi connectivity index (χ1v) is 19.9. The van der Waals surface area contributed by atoms with Crippen molar-refractivity contribution < 1.29 is 0 Å². The Morgan fingerprint density at radius 1 is 0.421 bits per heavy atom. The van der Waals surface area contributed by atoms with Crippen LogP contribution in [0.1, 0.15) is 19.0 Å². The average Bonchev–Trinajstić information content (AvgIpc) is 3.79. The molecule has 0 saturated carbocycles. The molecule has 3 heterocycles. The highest BCUT2D eigenvalue weighted by molar-refractivity contribution is 6.12. The molecular formula is C54H39N3. The monoisotopic (exact) mass is 729 g/mol. The van der Waals surface area contributed by atoms with Crippen molar-refractivity contribution in [2.24, 2.45) is 5.92 Å². The van der Waals surface area contributed by atoms with E-state index in [9.17, 15) is 0 Å². The first-order chi connectivity index (χ1) is 28.2. The second-order valence-corrected chi connectivity index (χ2v) is 15.2. The van der Waals surface area contributed by atoms with Gasteiger partial charge in [0, 0.05) is 38.5 Å².